The molecule has 1 unspecified atom stereocenters. The van der Waals surface area contributed by atoms with Crippen LogP contribution in [0.2, 0.25) is 0 Å². The standard InChI is InChI=1S/C10H21FO/c1-9(2,3)7-8(11)12-10(4,5)6/h8H,7H2,1-6H3. The monoisotopic (exact) mass is 176 g/mol. The van der Waals surface area contributed by atoms with Crippen molar-refractivity contribution in [1.29, 1.82) is 0 Å². The Kier molecular flexibility index (Phi) is 3.70. The Balaban J connectivity index is 3.83. The molecule has 0 fully saturated rings. The predicted molar refractivity (Wildman–Crippen MR) is 49.8 cm³/mol. The zero-order valence-electron chi connectivity index (χ0n) is 9.07. The first kappa shape index (κ1) is 11.9. The zero-order valence-corrected chi connectivity index (χ0v) is 9.07. The smallest absolute Gasteiger partial charge is 0.199 e. The largest absolute Gasteiger partial charge is 0.342 e. The van der Waals surface area contributed by atoms with Gasteiger partial charge in [0.15, 0.2) is 6.36 Å². The van der Waals surface area contributed by atoms with Crippen LogP contribution in [-0.4, -0.2) is 12.0 Å². The van der Waals surface area contributed by atoms with Gasteiger partial charge in [0.2, 0.25) is 0 Å². The predicted octanol–water partition coefficient (Wildman–Crippen LogP) is 3.53. The summed E-state index contributed by atoms with van der Waals surface area (Å²) in [4.78, 5) is 0. The molecule has 0 N–H and O–H groups in total. The van der Waals surface area contributed by atoms with Gasteiger partial charge in [-0.15, -0.1) is 0 Å². The molecule has 0 saturated carbocycles. The van der Waals surface area contributed by atoms with Crippen molar-refractivity contribution >= 4 is 0 Å². The minimum atomic E-state index is -1.15. The van der Waals surface area contributed by atoms with Gasteiger partial charge in [-0.25, -0.2) is 4.39 Å². The Bertz CT molecular complexity index is 114. The molecule has 0 aliphatic heterocycles. The fourth-order valence-corrected chi connectivity index (χ4v) is 0.907. The summed E-state index contributed by atoms with van der Waals surface area (Å²) < 4.78 is 18.3. The summed E-state index contributed by atoms with van der Waals surface area (Å²) in [5.74, 6) is 0. The molecule has 0 aromatic heterocycles. The van der Waals surface area contributed by atoms with Gasteiger partial charge in [-0.3, -0.25) is 0 Å². The lowest BCUT2D eigenvalue weighted by Crippen LogP contribution is -2.27. The molecule has 0 amide bonds. The van der Waals surface area contributed by atoms with Crippen molar-refractivity contribution in [3.63, 3.8) is 0 Å². The van der Waals surface area contributed by atoms with Gasteiger partial charge < -0.3 is 4.74 Å². The summed E-state index contributed by atoms with van der Waals surface area (Å²) in [5.41, 5.74) is -0.394. The molecule has 0 radical (unpaired) electrons. The van der Waals surface area contributed by atoms with E-state index in [1.807, 2.05) is 41.5 Å². The molecule has 0 saturated heterocycles. The Morgan fingerprint density at radius 2 is 1.50 bits per heavy atom. The van der Waals surface area contributed by atoms with E-state index in [-0.39, 0.29) is 11.0 Å². The molecule has 74 valence electrons. The molecule has 0 bridgehead atoms. The van der Waals surface area contributed by atoms with Gasteiger partial charge in [0, 0.05) is 6.42 Å². The molecular weight excluding hydrogens is 155 g/mol. The Labute approximate surface area is 75.3 Å². The van der Waals surface area contributed by atoms with E-state index in [0.717, 1.165) is 0 Å². The van der Waals surface area contributed by atoms with Crippen LogP contribution in [0.5, 0.6) is 0 Å². The molecule has 0 aromatic carbocycles. The molecule has 0 aliphatic carbocycles. The minimum Gasteiger partial charge on any atom is -0.342 e. The fraction of sp³-hybridized carbons (Fsp3) is 1.00. The molecular formula is C10H21FO. The molecule has 12 heavy (non-hydrogen) atoms. The SMILES string of the molecule is CC(C)(C)CC(F)OC(C)(C)C. The van der Waals surface area contributed by atoms with Crippen molar-refractivity contribution in [3.05, 3.63) is 0 Å². The molecule has 1 atom stereocenters. The molecule has 1 nitrogen and oxygen atoms in total. The summed E-state index contributed by atoms with van der Waals surface area (Å²) in [6, 6.07) is 0. The Hall–Kier alpha value is -0.110. The maximum absolute atomic E-state index is 13.2. The summed E-state index contributed by atoms with van der Waals surface area (Å²) in [5, 5.41) is 0. The van der Waals surface area contributed by atoms with Crippen molar-refractivity contribution in [1.82, 2.24) is 0 Å². The van der Waals surface area contributed by atoms with E-state index < -0.39 is 6.36 Å². The second-order valence-corrected chi connectivity index (χ2v) is 5.41. The van der Waals surface area contributed by atoms with Crippen LogP contribution in [0.1, 0.15) is 48.0 Å². The summed E-state index contributed by atoms with van der Waals surface area (Å²) in [6.45, 7) is 11.6. The zero-order chi connectivity index (χ0) is 9.99. The van der Waals surface area contributed by atoms with Crippen molar-refractivity contribution in [2.45, 2.75) is 59.9 Å². The molecule has 0 aliphatic rings. The second kappa shape index (κ2) is 3.73. The lowest BCUT2D eigenvalue weighted by molar-refractivity contribution is -0.136. The second-order valence-electron chi connectivity index (χ2n) is 5.41. The van der Waals surface area contributed by atoms with E-state index in [9.17, 15) is 4.39 Å². The van der Waals surface area contributed by atoms with Crippen molar-refractivity contribution < 1.29 is 9.13 Å². The highest BCUT2D eigenvalue weighted by Crippen LogP contribution is 2.25. The topological polar surface area (TPSA) is 9.23 Å². The normalized spacial score (nSPS) is 16.2. The van der Waals surface area contributed by atoms with Crippen LogP contribution in [0.15, 0.2) is 0 Å². The van der Waals surface area contributed by atoms with Crippen LogP contribution >= 0.6 is 0 Å². The van der Waals surface area contributed by atoms with E-state index >= 15 is 0 Å². The molecule has 0 heterocycles. The molecule has 0 rings (SSSR count). The van der Waals surface area contributed by atoms with Gasteiger partial charge in [-0.05, 0) is 26.2 Å². The third-order valence-corrected chi connectivity index (χ3v) is 1.25. The third-order valence-electron chi connectivity index (χ3n) is 1.25. The first-order valence-corrected chi connectivity index (χ1v) is 4.42. The van der Waals surface area contributed by atoms with Crippen LogP contribution < -0.4 is 0 Å². The fourth-order valence-electron chi connectivity index (χ4n) is 0.907. The highest BCUT2D eigenvalue weighted by molar-refractivity contribution is 4.66. The molecule has 2 heteroatoms. The minimum absolute atomic E-state index is 0.00926. The van der Waals surface area contributed by atoms with Crippen molar-refractivity contribution in [3.8, 4) is 0 Å². The lowest BCUT2D eigenvalue weighted by Gasteiger charge is -2.27. The maximum atomic E-state index is 13.2. The van der Waals surface area contributed by atoms with Gasteiger partial charge in [0.05, 0.1) is 5.60 Å². The highest BCUT2D eigenvalue weighted by atomic mass is 19.1. The van der Waals surface area contributed by atoms with Crippen LogP contribution in [0.4, 0.5) is 4.39 Å². The van der Waals surface area contributed by atoms with Gasteiger partial charge in [0.25, 0.3) is 0 Å². The third kappa shape index (κ3) is 7.99. The first-order valence-electron chi connectivity index (χ1n) is 4.42. The number of alkyl halides is 1. The van der Waals surface area contributed by atoms with E-state index in [0.29, 0.717) is 6.42 Å². The number of rotatable bonds is 2. The lowest BCUT2D eigenvalue weighted by atomic mass is 9.92. The van der Waals surface area contributed by atoms with Crippen LogP contribution in [0.3, 0.4) is 0 Å². The summed E-state index contributed by atoms with van der Waals surface area (Å²) >= 11 is 0. The van der Waals surface area contributed by atoms with Gasteiger partial charge in [-0.2, -0.15) is 0 Å². The molecule has 0 aromatic rings. The number of ether oxygens (including phenoxy) is 1. The van der Waals surface area contributed by atoms with Crippen LogP contribution in [-0.2, 0) is 4.74 Å². The van der Waals surface area contributed by atoms with E-state index in [4.69, 9.17) is 4.74 Å². The first-order chi connectivity index (χ1) is 5.10. The number of halogens is 1. The maximum Gasteiger partial charge on any atom is 0.199 e. The van der Waals surface area contributed by atoms with Crippen LogP contribution in [0.25, 0.3) is 0 Å². The molecule has 0 spiro atoms. The van der Waals surface area contributed by atoms with Crippen LogP contribution in [0, 0.1) is 5.41 Å². The summed E-state index contributed by atoms with van der Waals surface area (Å²) in [6.07, 6.45) is -0.699. The van der Waals surface area contributed by atoms with Gasteiger partial charge >= 0.3 is 0 Å². The average Bonchev–Trinajstić information content (AvgIpc) is 1.49. The van der Waals surface area contributed by atoms with E-state index in [2.05, 4.69) is 0 Å². The van der Waals surface area contributed by atoms with E-state index in [1.165, 1.54) is 0 Å². The van der Waals surface area contributed by atoms with Crippen molar-refractivity contribution in [2.24, 2.45) is 5.41 Å². The van der Waals surface area contributed by atoms with Gasteiger partial charge in [0.1, 0.15) is 0 Å². The highest BCUT2D eigenvalue weighted by Gasteiger charge is 2.23. The Morgan fingerprint density at radius 1 is 1.08 bits per heavy atom. The quantitative estimate of drug-likeness (QED) is 0.625. The number of hydrogen-bond acceptors (Lipinski definition) is 1. The Morgan fingerprint density at radius 3 is 1.75 bits per heavy atom. The van der Waals surface area contributed by atoms with E-state index in [1.54, 1.807) is 0 Å². The number of hydrogen-bond donors (Lipinski definition) is 0. The van der Waals surface area contributed by atoms with Crippen molar-refractivity contribution in [2.75, 3.05) is 0 Å². The van der Waals surface area contributed by atoms with Gasteiger partial charge in [-0.1, -0.05) is 20.8 Å². The average molecular weight is 176 g/mol. The summed E-state index contributed by atoms with van der Waals surface area (Å²) in [7, 11) is 0.